The Morgan fingerprint density at radius 2 is 2.32 bits per heavy atom. The summed E-state index contributed by atoms with van der Waals surface area (Å²) in [7, 11) is 1.75. The van der Waals surface area contributed by atoms with Gasteiger partial charge in [0.05, 0.1) is 13.2 Å². The first-order valence-electron chi connectivity index (χ1n) is 8.92. The molecule has 1 saturated heterocycles. The Kier molecular flexibility index (Phi) is 7.94. The highest BCUT2D eigenvalue weighted by Crippen LogP contribution is 2.31. The fourth-order valence-electron chi connectivity index (χ4n) is 2.80. The quantitative estimate of drug-likeness (QED) is 0.460. The molecule has 0 radical (unpaired) electrons. The number of nitrogens with zero attached hydrogens (tertiary/aromatic N) is 2. The van der Waals surface area contributed by atoms with Crippen LogP contribution in [-0.4, -0.2) is 56.1 Å². The van der Waals surface area contributed by atoms with Gasteiger partial charge in [-0.3, -0.25) is 4.99 Å². The van der Waals surface area contributed by atoms with Crippen molar-refractivity contribution >= 4 is 5.96 Å². The molecule has 2 heterocycles. The fraction of sp³-hybridized carbons (Fsp3) is 0.667. The van der Waals surface area contributed by atoms with Gasteiger partial charge in [-0.2, -0.15) is 0 Å². The summed E-state index contributed by atoms with van der Waals surface area (Å²) in [6, 6.07) is 3.88. The zero-order chi connectivity index (χ0) is 18.0. The zero-order valence-corrected chi connectivity index (χ0v) is 15.3. The molecule has 0 bridgehead atoms. The van der Waals surface area contributed by atoms with Crippen molar-refractivity contribution in [3.63, 3.8) is 0 Å². The first kappa shape index (κ1) is 19.5. The highest BCUT2D eigenvalue weighted by Gasteiger charge is 2.34. The van der Waals surface area contributed by atoms with E-state index in [0.717, 1.165) is 43.9 Å². The molecule has 3 N–H and O–H groups in total. The Morgan fingerprint density at radius 3 is 2.92 bits per heavy atom. The van der Waals surface area contributed by atoms with Crippen molar-refractivity contribution < 1.29 is 14.6 Å². The largest absolute Gasteiger partial charge is 0.478 e. The Bertz CT molecular complexity index is 528. The monoisotopic (exact) mass is 350 g/mol. The van der Waals surface area contributed by atoms with E-state index in [1.807, 2.05) is 18.3 Å². The van der Waals surface area contributed by atoms with Crippen LogP contribution in [0.15, 0.2) is 23.3 Å². The van der Waals surface area contributed by atoms with E-state index in [4.69, 9.17) is 9.47 Å². The Labute approximate surface area is 149 Å². The molecule has 0 aliphatic carbocycles. The van der Waals surface area contributed by atoms with Crippen LogP contribution in [-0.2, 0) is 11.3 Å². The Balaban J connectivity index is 1.79. The minimum atomic E-state index is -0.00775. The zero-order valence-electron chi connectivity index (χ0n) is 15.3. The van der Waals surface area contributed by atoms with Gasteiger partial charge in [0, 0.05) is 51.0 Å². The number of aliphatic hydroxyl groups is 1. The summed E-state index contributed by atoms with van der Waals surface area (Å²) < 4.78 is 11.0. The second-order valence-corrected chi connectivity index (χ2v) is 6.41. The summed E-state index contributed by atoms with van der Waals surface area (Å²) in [5.41, 5.74) is 1.05. The van der Waals surface area contributed by atoms with Crippen LogP contribution in [0.5, 0.6) is 5.88 Å². The van der Waals surface area contributed by atoms with E-state index in [1.54, 1.807) is 7.05 Å². The molecule has 140 valence electrons. The minimum absolute atomic E-state index is 0.00775. The third-order valence-electron chi connectivity index (χ3n) is 4.39. The van der Waals surface area contributed by atoms with Gasteiger partial charge in [0.25, 0.3) is 0 Å². The number of hydrogen-bond donors (Lipinski definition) is 3. The third-order valence-corrected chi connectivity index (χ3v) is 4.39. The van der Waals surface area contributed by atoms with Gasteiger partial charge in [-0.25, -0.2) is 4.98 Å². The Hall–Kier alpha value is -1.86. The van der Waals surface area contributed by atoms with Gasteiger partial charge >= 0.3 is 0 Å². The second-order valence-electron chi connectivity index (χ2n) is 6.41. The van der Waals surface area contributed by atoms with E-state index in [1.165, 1.54) is 0 Å². The van der Waals surface area contributed by atoms with Crippen molar-refractivity contribution in [2.45, 2.75) is 32.7 Å². The molecule has 0 aromatic carbocycles. The Morgan fingerprint density at radius 1 is 1.44 bits per heavy atom. The van der Waals surface area contributed by atoms with Crippen LogP contribution in [0.1, 0.15) is 31.7 Å². The number of rotatable bonds is 9. The van der Waals surface area contributed by atoms with Crippen molar-refractivity contribution in [3.05, 3.63) is 23.9 Å². The molecule has 2 rings (SSSR count). The molecule has 7 heteroatoms. The van der Waals surface area contributed by atoms with E-state index >= 15 is 0 Å². The van der Waals surface area contributed by atoms with Gasteiger partial charge in [0.1, 0.15) is 0 Å². The maximum absolute atomic E-state index is 9.30. The van der Waals surface area contributed by atoms with Crippen LogP contribution in [0, 0.1) is 5.41 Å². The van der Waals surface area contributed by atoms with Gasteiger partial charge in [0.15, 0.2) is 5.96 Å². The normalized spacial score (nSPS) is 20.5. The minimum Gasteiger partial charge on any atom is -0.478 e. The van der Waals surface area contributed by atoms with Crippen LogP contribution < -0.4 is 15.4 Å². The van der Waals surface area contributed by atoms with Crippen LogP contribution >= 0.6 is 0 Å². The number of guanidine groups is 1. The molecule has 7 nitrogen and oxygen atoms in total. The number of nitrogens with one attached hydrogen (secondary N) is 2. The average molecular weight is 350 g/mol. The molecular weight excluding hydrogens is 320 g/mol. The molecule has 1 aliphatic rings. The predicted octanol–water partition coefficient (Wildman–Crippen LogP) is 1.32. The van der Waals surface area contributed by atoms with Crippen LogP contribution in [0.2, 0.25) is 0 Å². The first-order valence-corrected chi connectivity index (χ1v) is 8.92. The van der Waals surface area contributed by atoms with E-state index in [2.05, 4.69) is 27.5 Å². The number of aromatic nitrogens is 1. The first-order chi connectivity index (χ1) is 12.2. The number of hydrogen-bond acceptors (Lipinski definition) is 5. The molecule has 25 heavy (non-hydrogen) atoms. The van der Waals surface area contributed by atoms with Crippen molar-refractivity contribution in [1.29, 1.82) is 0 Å². The number of ether oxygens (including phenoxy) is 2. The van der Waals surface area contributed by atoms with Crippen LogP contribution in [0.4, 0.5) is 0 Å². The maximum atomic E-state index is 9.30. The molecule has 1 aliphatic heterocycles. The van der Waals surface area contributed by atoms with Gasteiger partial charge in [-0.05, 0) is 24.8 Å². The standard InChI is InChI=1S/C18H30N4O3/c1-3-9-25-16-5-4-15(11-20-16)12-21-17(19-2)22-13-18(6-8-23)7-10-24-14-18/h4-5,11,23H,3,6-10,12-14H2,1-2H3,(H2,19,21,22). The smallest absolute Gasteiger partial charge is 0.213 e. The molecule has 0 amide bonds. The summed E-state index contributed by atoms with van der Waals surface area (Å²) in [4.78, 5) is 8.56. The maximum Gasteiger partial charge on any atom is 0.213 e. The van der Waals surface area contributed by atoms with Crippen LogP contribution in [0.25, 0.3) is 0 Å². The van der Waals surface area contributed by atoms with E-state index in [9.17, 15) is 5.11 Å². The number of pyridine rings is 1. The van der Waals surface area contributed by atoms with E-state index < -0.39 is 0 Å². The molecule has 1 atom stereocenters. The van der Waals surface area contributed by atoms with E-state index in [0.29, 0.717) is 25.6 Å². The summed E-state index contributed by atoms with van der Waals surface area (Å²) in [6.45, 7) is 5.72. The van der Waals surface area contributed by atoms with Crippen molar-refractivity contribution in [2.24, 2.45) is 10.4 Å². The van der Waals surface area contributed by atoms with Crippen molar-refractivity contribution in [1.82, 2.24) is 15.6 Å². The average Bonchev–Trinajstić information content (AvgIpc) is 3.10. The summed E-state index contributed by atoms with van der Waals surface area (Å²) in [5.74, 6) is 1.39. The van der Waals surface area contributed by atoms with Crippen LogP contribution in [0.3, 0.4) is 0 Å². The molecule has 0 saturated carbocycles. The topological polar surface area (TPSA) is 88.0 Å². The molecule has 1 unspecified atom stereocenters. The summed E-state index contributed by atoms with van der Waals surface area (Å²) in [6.07, 6.45) is 4.47. The number of aliphatic hydroxyl groups excluding tert-OH is 1. The van der Waals surface area contributed by atoms with Gasteiger partial charge in [-0.1, -0.05) is 13.0 Å². The fourth-order valence-corrected chi connectivity index (χ4v) is 2.80. The van der Waals surface area contributed by atoms with Crippen molar-refractivity contribution in [3.8, 4) is 5.88 Å². The lowest BCUT2D eigenvalue weighted by molar-refractivity contribution is 0.127. The summed E-state index contributed by atoms with van der Waals surface area (Å²) >= 11 is 0. The molecule has 0 spiro atoms. The molecule has 1 fully saturated rings. The highest BCUT2D eigenvalue weighted by atomic mass is 16.5. The van der Waals surface area contributed by atoms with Gasteiger partial charge in [0.2, 0.25) is 5.88 Å². The lowest BCUT2D eigenvalue weighted by atomic mass is 9.84. The molecule has 1 aromatic heterocycles. The summed E-state index contributed by atoms with van der Waals surface area (Å²) in [5, 5.41) is 15.9. The van der Waals surface area contributed by atoms with Gasteiger partial charge < -0.3 is 25.2 Å². The second kappa shape index (κ2) is 10.2. The SMILES string of the molecule is CCCOc1ccc(CNC(=NC)NCC2(CCO)CCOC2)cn1. The lowest BCUT2D eigenvalue weighted by Crippen LogP contribution is -2.44. The van der Waals surface area contributed by atoms with Gasteiger partial charge in [-0.15, -0.1) is 0 Å². The van der Waals surface area contributed by atoms with E-state index in [-0.39, 0.29) is 12.0 Å². The molecular formula is C18H30N4O3. The van der Waals surface area contributed by atoms with Crippen molar-refractivity contribution in [2.75, 3.05) is 40.0 Å². The molecule has 1 aromatic rings. The lowest BCUT2D eigenvalue weighted by Gasteiger charge is -2.27. The highest BCUT2D eigenvalue weighted by molar-refractivity contribution is 5.79. The number of aliphatic imine (C=N–C) groups is 1. The third kappa shape index (κ3) is 6.17. The predicted molar refractivity (Wildman–Crippen MR) is 97.8 cm³/mol.